The topological polar surface area (TPSA) is 60.4 Å². The Morgan fingerprint density at radius 2 is 1.89 bits per heavy atom. The maximum absolute atomic E-state index is 12.4. The van der Waals surface area contributed by atoms with Crippen LogP contribution in [0.25, 0.3) is 0 Å². The van der Waals surface area contributed by atoms with E-state index in [1.807, 2.05) is 32.0 Å². The Labute approximate surface area is 111 Å². The van der Waals surface area contributed by atoms with E-state index in [0.29, 0.717) is 5.56 Å². The molecule has 1 aromatic rings. The number of ether oxygens (including phenoxy) is 1. The molecule has 1 aliphatic rings. The molecule has 1 aliphatic carbocycles. The maximum Gasteiger partial charge on any atom is 0.313 e. The Hall–Kier alpha value is -1.97. The van der Waals surface area contributed by atoms with Crippen LogP contribution in [-0.2, 0) is 14.3 Å². The van der Waals surface area contributed by atoms with Crippen LogP contribution in [0.2, 0.25) is 0 Å². The third-order valence-corrected chi connectivity index (χ3v) is 3.96. The van der Waals surface area contributed by atoms with E-state index in [-0.39, 0.29) is 35.9 Å². The van der Waals surface area contributed by atoms with Gasteiger partial charge in [-0.1, -0.05) is 44.2 Å². The smallest absolute Gasteiger partial charge is 0.313 e. The van der Waals surface area contributed by atoms with E-state index < -0.39 is 5.97 Å². The molecule has 19 heavy (non-hydrogen) atoms. The summed E-state index contributed by atoms with van der Waals surface area (Å²) in [6.07, 6.45) is 0.106. The summed E-state index contributed by atoms with van der Waals surface area (Å²) in [6, 6.07) is 9.04. The number of esters is 1. The molecular formula is C15H16O4. The lowest BCUT2D eigenvalue weighted by atomic mass is 10.0. The van der Waals surface area contributed by atoms with E-state index in [1.165, 1.54) is 0 Å². The molecule has 0 radical (unpaired) electrons. The Morgan fingerprint density at radius 3 is 2.47 bits per heavy atom. The monoisotopic (exact) mass is 260 g/mol. The maximum atomic E-state index is 12.4. The number of Topliss-reactive ketones (excluding diaryl/α,β-unsaturated/α-hetero) is 1. The quantitative estimate of drug-likeness (QED) is 0.352. The van der Waals surface area contributed by atoms with Gasteiger partial charge in [0, 0.05) is 11.5 Å². The number of carbonyl (C=O) groups excluding carboxylic acids is 3. The van der Waals surface area contributed by atoms with Crippen molar-refractivity contribution in [1.82, 2.24) is 0 Å². The fourth-order valence-electron chi connectivity index (χ4n) is 2.71. The predicted molar refractivity (Wildman–Crippen MR) is 68.3 cm³/mol. The number of carbonyl (C=O) groups is 3. The van der Waals surface area contributed by atoms with Gasteiger partial charge >= 0.3 is 12.4 Å². The summed E-state index contributed by atoms with van der Waals surface area (Å²) < 4.78 is 4.29. The molecule has 0 spiro atoms. The van der Waals surface area contributed by atoms with E-state index in [0.717, 1.165) is 0 Å². The highest BCUT2D eigenvalue weighted by Gasteiger charge is 2.61. The standard InChI is InChI=1S/C15H16O4/c1-15(2)11(8-12(17)19-9-16)13(15)14(18)10-6-4-3-5-7-10/h3-7,9,11,13H,8H2,1-2H3. The van der Waals surface area contributed by atoms with Crippen molar-refractivity contribution in [3.8, 4) is 0 Å². The molecule has 4 heteroatoms. The van der Waals surface area contributed by atoms with Crippen molar-refractivity contribution in [2.75, 3.05) is 0 Å². The highest BCUT2D eigenvalue weighted by molar-refractivity contribution is 6.01. The van der Waals surface area contributed by atoms with E-state index in [1.54, 1.807) is 12.1 Å². The summed E-state index contributed by atoms with van der Waals surface area (Å²) in [5.74, 6) is -0.771. The molecule has 4 nitrogen and oxygen atoms in total. The SMILES string of the molecule is CC1(C)C(CC(=O)OC=O)C1C(=O)c1ccccc1. The second-order valence-corrected chi connectivity index (χ2v) is 5.43. The second-order valence-electron chi connectivity index (χ2n) is 5.43. The summed E-state index contributed by atoms with van der Waals surface area (Å²) in [5, 5.41) is 0. The molecule has 2 rings (SSSR count). The van der Waals surface area contributed by atoms with Gasteiger partial charge in [-0.3, -0.25) is 14.4 Å². The van der Waals surface area contributed by atoms with Crippen LogP contribution in [0.3, 0.4) is 0 Å². The first-order valence-electron chi connectivity index (χ1n) is 6.21. The van der Waals surface area contributed by atoms with E-state index in [9.17, 15) is 14.4 Å². The lowest BCUT2D eigenvalue weighted by molar-refractivity contribution is -0.151. The molecule has 0 saturated heterocycles. The third kappa shape index (κ3) is 2.57. The number of benzene rings is 1. The van der Waals surface area contributed by atoms with Crippen LogP contribution >= 0.6 is 0 Å². The van der Waals surface area contributed by atoms with Gasteiger partial charge in [-0.25, -0.2) is 0 Å². The average molecular weight is 260 g/mol. The number of rotatable bonds is 5. The fourth-order valence-corrected chi connectivity index (χ4v) is 2.71. The minimum Gasteiger partial charge on any atom is -0.395 e. The molecule has 1 aromatic carbocycles. The minimum absolute atomic E-state index is 0.0505. The zero-order chi connectivity index (χ0) is 14.0. The van der Waals surface area contributed by atoms with Crippen molar-refractivity contribution in [2.24, 2.45) is 17.3 Å². The van der Waals surface area contributed by atoms with Gasteiger partial charge in [-0.05, 0) is 11.3 Å². The van der Waals surface area contributed by atoms with Crippen LogP contribution < -0.4 is 0 Å². The van der Waals surface area contributed by atoms with Crippen LogP contribution in [0.5, 0.6) is 0 Å². The Balaban J connectivity index is 2.07. The Bertz CT molecular complexity index is 504. The Kier molecular flexibility index (Phi) is 3.51. The number of ketones is 1. The highest BCUT2D eigenvalue weighted by Crippen LogP contribution is 2.61. The van der Waals surface area contributed by atoms with Gasteiger partial charge in [-0.15, -0.1) is 0 Å². The molecule has 2 unspecified atom stereocenters. The van der Waals surface area contributed by atoms with Crippen molar-refractivity contribution in [1.29, 1.82) is 0 Å². The summed E-state index contributed by atoms with van der Waals surface area (Å²) in [6.45, 7) is 4.04. The molecule has 2 atom stereocenters. The molecule has 0 heterocycles. The molecule has 1 saturated carbocycles. The lowest BCUT2D eigenvalue weighted by Gasteiger charge is -2.01. The van der Waals surface area contributed by atoms with E-state index in [2.05, 4.69) is 4.74 Å². The fraction of sp³-hybridized carbons (Fsp3) is 0.400. The first-order valence-corrected chi connectivity index (χ1v) is 6.21. The average Bonchev–Trinajstić information content (AvgIpc) is 2.91. The predicted octanol–water partition coefficient (Wildman–Crippen LogP) is 2.23. The van der Waals surface area contributed by atoms with Crippen LogP contribution in [-0.4, -0.2) is 18.2 Å². The number of hydrogen-bond acceptors (Lipinski definition) is 4. The summed E-state index contributed by atoms with van der Waals surface area (Å²) >= 11 is 0. The molecule has 0 bridgehead atoms. The third-order valence-electron chi connectivity index (χ3n) is 3.96. The van der Waals surface area contributed by atoms with Crippen molar-refractivity contribution >= 4 is 18.2 Å². The normalized spacial score (nSPS) is 23.5. The van der Waals surface area contributed by atoms with Crippen molar-refractivity contribution in [3.05, 3.63) is 35.9 Å². The van der Waals surface area contributed by atoms with Gasteiger partial charge in [0.25, 0.3) is 0 Å². The van der Waals surface area contributed by atoms with Crippen molar-refractivity contribution in [3.63, 3.8) is 0 Å². The zero-order valence-corrected chi connectivity index (χ0v) is 11.0. The molecule has 0 N–H and O–H groups in total. The first kappa shape index (κ1) is 13.5. The van der Waals surface area contributed by atoms with Gasteiger partial charge in [0.05, 0.1) is 6.42 Å². The van der Waals surface area contributed by atoms with Crippen LogP contribution in [0.4, 0.5) is 0 Å². The molecular weight excluding hydrogens is 244 g/mol. The van der Waals surface area contributed by atoms with Crippen molar-refractivity contribution < 1.29 is 19.1 Å². The molecule has 0 aliphatic heterocycles. The lowest BCUT2D eigenvalue weighted by Crippen LogP contribution is -2.08. The van der Waals surface area contributed by atoms with Gasteiger partial charge in [-0.2, -0.15) is 0 Å². The van der Waals surface area contributed by atoms with Gasteiger partial charge in [0.2, 0.25) is 0 Å². The molecule has 0 aromatic heterocycles. The van der Waals surface area contributed by atoms with Gasteiger partial charge in [0.1, 0.15) is 0 Å². The van der Waals surface area contributed by atoms with Gasteiger partial charge < -0.3 is 4.74 Å². The van der Waals surface area contributed by atoms with Crippen LogP contribution in [0, 0.1) is 17.3 Å². The Morgan fingerprint density at radius 1 is 1.26 bits per heavy atom. The van der Waals surface area contributed by atoms with E-state index in [4.69, 9.17) is 0 Å². The van der Waals surface area contributed by atoms with Crippen LogP contribution in [0.1, 0.15) is 30.6 Å². The van der Waals surface area contributed by atoms with E-state index >= 15 is 0 Å². The minimum atomic E-state index is -0.573. The van der Waals surface area contributed by atoms with Crippen LogP contribution in [0.15, 0.2) is 30.3 Å². The number of hydrogen-bond donors (Lipinski definition) is 0. The molecule has 0 amide bonds. The van der Waals surface area contributed by atoms with Crippen molar-refractivity contribution in [2.45, 2.75) is 20.3 Å². The molecule has 1 fully saturated rings. The largest absolute Gasteiger partial charge is 0.395 e. The summed E-state index contributed by atoms with van der Waals surface area (Å²) in [4.78, 5) is 33.8. The second kappa shape index (κ2) is 4.96. The highest BCUT2D eigenvalue weighted by atomic mass is 16.6. The summed E-state index contributed by atoms with van der Waals surface area (Å²) in [7, 11) is 0. The zero-order valence-electron chi connectivity index (χ0n) is 11.0. The first-order chi connectivity index (χ1) is 8.98. The molecule has 100 valence electrons. The van der Waals surface area contributed by atoms with Gasteiger partial charge in [0.15, 0.2) is 5.78 Å². The summed E-state index contributed by atoms with van der Waals surface area (Å²) in [5.41, 5.74) is 0.432.